The van der Waals surface area contributed by atoms with Crippen molar-refractivity contribution in [3.63, 3.8) is 0 Å². The zero-order valence-electron chi connectivity index (χ0n) is 13.9. The molecule has 0 aliphatic carbocycles. The number of aromatic nitrogens is 3. The van der Waals surface area contributed by atoms with E-state index < -0.39 is 5.60 Å². The van der Waals surface area contributed by atoms with Gasteiger partial charge < -0.3 is 19.0 Å². The van der Waals surface area contributed by atoms with Crippen molar-refractivity contribution in [3.05, 3.63) is 23.7 Å². The molecule has 0 bridgehead atoms. The summed E-state index contributed by atoms with van der Waals surface area (Å²) in [5.74, 6) is 1.11. The fourth-order valence-corrected chi connectivity index (χ4v) is 3.50. The molecule has 8 nitrogen and oxygen atoms in total. The van der Waals surface area contributed by atoms with Crippen LogP contribution in [0.1, 0.15) is 24.4 Å². The molecule has 24 heavy (non-hydrogen) atoms. The Bertz CT molecular complexity index is 768. The van der Waals surface area contributed by atoms with Crippen molar-refractivity contribution in [2.45, 2.75) is 31.9 Å². The summed E-state index contributed by atoms with van der Waals surface area (Å²) in [6, 6.07) is 4.00. The molecular formula is C16H21N5O3. The van der Waals surface area contributed by atoms with Crippen molar-refractivity contribution in [2.75, 3.05) is 19.6 Å². The first-order valence-corrected chi connectivity index (χ1v) is 8.19. The molecule has 1 spiro atoms. The van der Waals surface area contributed by atoms with Gasteiger partial charge in [0, 0.05) is 19.3 Å². The molecule has 0 unspecified atom stereocenters. The average molecular weight is 331 g/mol. The van der Waals surface area contributed by atoms with Crippen LogP contribution in [0.5, 0.6) is 0 Å². The first-order chi connectivity index (χ1) is 11.5. The van der Waals surface area contributed by atoms with E-state index in [4.69, 9.17) is 9.15 Å². The summed E-state index contributed by atoms with van der Waals surface area (Å²) in [5.41, 5.74) is 1.64. The predicted octanol–water partition coefficient (Wildman–Crippen LogP) is 1.46. The van der Waals surface area contributed by atoms with E-state index in [1.807, 2.05) is 30.7 Å². The maximum absolute atomic E-state index is 11.4. The second-order valence-electron chi connectivity index (χ2n) is 6.66. The number of amides is 1. The molecule has 4 heterocycles. The Hall–Kier alpha value is -2.35. The molecular weight excluding hydrogens is 310 g/mol. The Balaban J connectivity index is 1.46. The molecule has 2 fully saturated rings. The van der Waals surface area contributed by atoms with Crippen molar-refractivity contribution in [3.8, 4) is 11.6 Å². The summed E-state index contributed by atoms with van der Waals surface area (Å²) in [4.78, 5) is 13.6. The molecule has 0 radical (unpaired) electrons. The predicted molar refractivity (Wildman–Crippen MR) is 85.2 cm³/mol. The highest BCUT2D eigenvalue weighted by Gasteiger charge is 2.43. The van der Waals surface area contributed by atoms with Gasteiger partial charge in [-0.1, -0.05) is 0 Å². The number of aryl methyl sites for hydroxylation is 1. The Morgan fingerprint density at radius 1 is 1.38 bits per heavy atom. The van der Waals surface area contributed by atoms with Crippen molar-refractivity contribution in [2.24, 2.45) is 7.05 Å². The minimum Gasteiger partial charge on any atom is -0.440 e. The number of nitrogens with zero attached hydrogens (tertiary/aromatic N) is 4. The maximum Gasteiger partial charge on any atom is 0.407 e. The molecule has 1 amide bonds. The van der Waals surface area contributed by atoms with Crippen molar-refractivity contribution >= 4 is 6.09 Å². The number of rotatable bonds is 3. The van der Waals surface area contributed by atoms with Crippen LogP contribution in [0.3, 0.4) is 0 Å². The van der Waals surface area contributed by atoms with Gasteiger partial charge in [0.05, 0.1) is 13.1 Å². The lowest BCUT2D eigenvalue weighted by atomic mass is 9.93. The lowest BCUT2D eigenvalue weighted by Gasteiger charge is -2.37. The van der Waals surface area contributed by atoms with Crippen LogP contribution in [0.25, 0.3) is 11.6 Å². The van der Waals surface area contributed by atoms with E-state index in [0.29, 0.717) is 31.4 Å². The Morgan fingerprint density at radius 2 is 2.25 bits per heavy atom. The van der Waals surface area contributed by atoms with Gasteiger partial charge in [-0.05, 0) is 38.4 Å². The fraction of sp³-hybridized carbons (Fsp3) is 0.562. The topological polar surface area (TPSA) is 85.4 Å². The molecule has 2 aromatic rings. The van der Waals surface area contributed by atoms with Crippen LogP contribution >= 0.6 is 0 Å². The molecule has 2 aliphatic heterocycles. The number of carbonyl (C=O) groups is 1. The highest BCUT2D eigenvalue weighted by Crippen LogP contribution is 2.29. The summed E-state index contributed by atoms with van der Waals surface area (Å²) in [6.07, 6.45) is 1.54. The molecule has 128 valence electrons. The molecule has 4 rings (SSSR count). The zero-order chi connectivity index (χ0) is 16.7. The number of carbonyl (C=O) groups excluding carboxylic acids is 1. The smallest absolute Gasteiger partial charge is 0.407 e. The molecule has 2 aliphatic rings. The first-order valence-electron chi connectivity index (χ1n) is 8.19. The van der Waals surface area contributed by atoms with E-state index in [1.54, 1.807) is 0 Å². The normalized spacial score (nSPS) is 24.3. The summed E-state index contributed by atoms with van der Waals surface area (Å²) in [7, 11) is 1.98. The first kappa shape index (κ1) is 15.2. The van der Waals surface area contributed by atoms with Crippen LogP contribution in [-0.2, 0) is 18.3 Å². The van der Waals surface area contributed by atoms with E-state index >= 15 is 0 Å². The molecule has 8 heteroatoms. The minimum absolute atomic E-state index is 0.323. The molecule has 0 aromatic carbocycles. The van der Waals surface area contributed by atoms with Crippen LogP contribution in [0.2, 0.25) is 0 Å². The monoisotopic (exact) mass is 331 g/mol. The molecule has 1 N–H and O–H groups in total. The Kier molecular flexibility index (Phi) is 3.56. The summed E-state index contributed by atoms with van der Waals surface area (Å²) < 4.78 is 13.3. The number of ether oxygens (including phenoxy) is 1. The number of alkyl carbamates (subject to hydrolysis) is 1. The van der Waals surface area contributed by atoms with Gasteiger partial charge >= 0.3 is 6.09 Å². The summed E-state index contributed by atoms with van der Waals surface area (Å²) in [6.45, 7) is 4.79. The third-order valence-electron chi connectivity index (χ3n) is 4.90. The van der Waals surface area contributed by atoms with Crippen molar-refractivity contribution in [1.82, 2.24) is 25.0 Å². The minimum atomic E-state index is -0.409. The van der Waals surface area contributed by atoms with Crippen LogP contribution in [0.4, 0.5) is 4.79 Å². The van der Waals surface area contributed by atoms with E-state index in [9.17, 15) is 4.79 Å². The average Bonchev–Trinajstić information content (AvgIpc) is 3.22. The SMILES string of the molecule is Cc1ccc(-c2nnc(CN3CCC[C@]4(CNC(=O)O4)C3)o2)n1C. The van der Waals surface area contributed by atoms with Crippen molar-refractivity contribution in [1.29, 1.82) is 0 Å². The molecule has 2 aromatic heterocycles. The van der Waals surface area contributed by atoms with Gasteiger partial charge in [-0.15, -0.1) is 10.2 Å². The van der Waals surface area contributed by atoms with Gasteiger partial charge in [0.1, 0.15) is 11.3 Å². The summed E-state index contributed by atoms with van der Waals surface area (Å²) >= 11 is 0. The Morgan fingerprint density at radius 3 is 2.96 bits per heavy atom. The molecule has 0 saturated carbocycles. The highest BCUT2D eigenvalue weighted by atomic mass is 16.6. The molecule has 2 saturated heterocycles. The third-order valence-corrected chi connectivity index (χ3v) is 4.90. The van der Waals surface area contributed by atoms with Gasteiger partial charge in [0.2, 0.25) is 5.89 Å². The second kappa shape index (κ2) is 5.62. The quantitative estimate of drug-likeness (QED) is 0.916. The number of likely N-dealkylation sites (tertiary alicyclic amines) is 1. The number of piperidine rings is 1. The largest absolute Gasteiger partial charge is 0.440 e. The van der Waals surface area contributed by atoms with Gasteiger partial charge in [0.15, 0.2) is 0 Å². The Labute approximate surface area is 139 Å². The lowest BCUT2D eigenvalue weighted by Crippen LogP contribution is -2.50. The summed E-state index contributed by atoms with van der Waals surface area (Å²) in [5, 5.41) is 11.1. The highest BCUT2D eigenvalue weighted by molar-refractivity contribution is 5.70. The number of nitrogens with one attached hydrogen (secondary N) is 1. The van der Waals surface area contributed by atoms with Gasteiger partial charge in [-0.3, -0.25) is 4.90 Å². The third kappa shape index (κ3) is 2.66. The second-order valence-corrected chi connectivity index (χ2v) is 6.66. The van der Waals surface area contributed by atoms with E-state index in [2.05, 4.69) is 20.4 Å². The maximum atomic E-state index is 11.4. The van der Waals surface area contributed by atoms with Crippen LogP contribution in [-0.4, -0.2) is 51.0 Å². The molecule has 1 atom stereocenters. The van der Waals surface area contributed by atoms with E-state index in [1.165, 1.54) is 0 Å². The van der Waals surface area contributed by atoms with E-state index in [0.717, 1.165) is 30.8 Å². The van der Waals surface area contributed by atoms with Crippen LogP contribution in [0.15, 0.2) is 16.5 Å². The lowest BCUT2D eigenvalue weighted by molar-refractivity contribution is -0.0131. The fourth-order valence-electron chi connectivity index (χ4n) is 3.50. The van der Waals surface area contributed by atoms with Crippen molar-refractivity contribution < 1.29 is 13.9 Å². The van der Waals surface area contributed by atoms with Crippen LogP contribution < -0.4 is 5.32 Å². The van der Waals surface area contributed by atoms with Gasteiger partial charge in [0.25, 0.3) is 5.89 Å². The number of hydrogen-bond donors (Lipinski definition) is 1. The number of hydrogen-bond acceptors (Lipinski definition) is 6. The van der Waals surface area contributed by atoms with Gasteiger partial charge in [-0.25, -0.2) is 4.79 Å². The van der Waals surface area contributed by atoms with E-state index in [-0.39, 0.29) is 6.09 Å². The standard InChI is InChI=1S/C16H21N5O3/c1-11-4-5-12(20(11)2)14-19-18-13(23-14)8-21-7-3-6-16(10-21)9-17-15(22)24-16/h4-5H,3,6-10H2,1-2H3,(H,17,22)/t16-/m0/s1. The zero-order valence-corrected chi connectivity index (χ0v) is 13.9. The van der Waals surface area contributed by atoms with Crippen LogP contribution in [0, 0.1) is 6.92 Å². The van der Waals surface area contributed by atoms with Gasteiger partial charge in [-0.2, -0.15) is 0 Å².